The number of ether oxygens (including phenoxy) is 1. The van der Waals surface area contributed by atoms with Crippen LogP contribution in [0.2, 0.25) is 5.02 Å². The van der Waals surface area contributed by atoms with Gasteiger partial charge in [-0.25, -0.2) is 9.78 Å². The Balaban J connectivity index is 2.25. The predicted molar refractivity (Wildman–Crippen MR) is 110 cm³/mol. The van der Waals surface area contributed by atoms with Crippen molar-refractivity contribution in [3.05, 3.63) is 61.5 Å². The third-order valence-electron chi connectivity index (χ3n) is 4.62. The molecule has 0 aliphatic rings. The van der Waals surface area contributed by atoms with E-state index in [2.05, 4.69) is 4.98 Å². The smallest absolute Gasteiger partial charge is 0.332 e. The molecule has 0 saturated carbocycles. The largest absolute Gasteiger partial charge is 0.466 e. The second kappa shape index (κ2) is 8.65. The maximum absolute atomic E-state index is 13.1. The molecule has 0 amide bonds. The predicted octanol–water partition coefficient (Wildman–Crippen LogP) is 2.11. The van der Waals surface area contributed by atoms with E-state index in [4.69, 9.17) is 16.3 Å². The number of hydrogen-bond donors (Lipinski definition) is 0. The van der Waals surface area contributed by atoms with Gasteiger partial charge in [0.1, 0.15) is 12.2 Å². The summed E-state index contributed by atoms with van der Waals surface area (Å²) >= 11 is 5.97. The van der Waals surface area contributed by atoms with Crippen molar-refractivity contribution in [2.75, 3.05) is 6.61 Å². The van der Waals surface area contributed by atoms with Crippen LogP contribution in [0.4, 0.5) is 0 Å². The van der Waals surface area contributed by atoms with Crippen LogP contribution in [0.25, 0.3) is 11.2 Å². The normalized spacial score (nSPS) is 11.2. The number of benzene rings is 1. The van der Waals surface area contributed by atoms with Gasteiger partial charge in [0.25, 0.3) is 5.56 Å². The van der Waals surface area contributed by atoms with Crippen LogP contribution in [0.1, 0.15) is 31.7 Å². The molecule has 0 aliphatic heterocycles. The van der Waals surface area contributed by atoms with Gasteiger partial charge in [0.15, 0.2) is 11.2 Å². The molecule has 3 aromatic rings. The molecule has 8 nitrogen and oxygen atoms in total. The molecular formula is C20H23ClN4O4. The zero-order valence-electron chi connectivity index (χ0n) is 16.6. The molecule has 0 spiro atoms. The van der Waals surface area contributed by atoms with E-state index in [-0.39, 0.29) is 24.2 Å². The molecule has 0 fully saturated rings. The number of esters is 1. The summed E-state index contributed by atoms with van der Waals surface area (Å²) in [5.41, 5.74) is 0.578. The van der Waals surface area contributed by atoms with Crippen LogP contribution >= 0.6 is 11.6 Å². The fourth-order valence-corrected chi connectivity index (χ4v) is 3.38. The number of aryl methyl sites for hydroxylation is 1. The summed E-state index contributed by atoms with van der Waals surface area (Å²) in [6.07, 6.45) is 0.541. The summed E-state index contributed by atoms with van der Waals surface area (Å²) in [6.45, 7) is 4.48. The molecule has 0 N–H and O–H groups in total. The van der Waals surface area contributed by atoms with E-state index >= 15 is 0 Å². The maximum Gasteiger partial charge on any atom is 0.332 e. The van der Waals surface area contributed by atoms with Crippen LogP contribution in [0.3, 0.4) is 0 Å². The summed E-state index contributed by atoms with van der Waals surface area (Å²) < 4.78 is 9.28. The second-order valence-corrected chi connectivity index (χ2v) is 7.13. The highest BCUT2D eigenvalue weighted by Gasteiger charge is 2.22. The minimum atomic E-state index is -0.445. The Morgan fingerprint density at radius 2 is 1.83 bits per heavy atom. The quantitative estimate of drug-likeness (QED) is 0.548. The number of rotatable bonds is 7. The summed E-state index contributed by atoms with van der Waals surface area (Å²) in [6, 6.07) is 7.20. The van der Waals surface area contributed by atoms with Gasteiger partial charge in [-0.05, 0) is 31.0 Å². The highest BCUT2D eigenvalue weighted by atomic mass is 35.5. The number of hydrogen-bond acceptors (Lipinski definition) is 5. The molecule has 29 heavy (non-hydrogen) atoms. The molecule has 0 aliphatic carbocycles. The lowest BCUT2D eigenvalue weighted by molar-refractivity contribution is -0.142. The van der Waals surface area contributed by atoms with Crippen LogP contribution in [0.15, 0.2) is 33.9 Å². The first-order chi connectivity index (χ1) is 13.9. The molecule has 2 heterocycles. The van der Waals surface area contributed by atoms with Crippen LogP contribution in [0, 0.1) is 0 Å². The molecular weight excluding hydrogens is 396 g/mol. The van der Waals surface area contributed by atoms with Crippen LogP contribution < -0.4 is 11.2 Å². The van der Waals surface area contributed by atoms with E-state index in [0.717, 1.165) is 5.56 Å². The summed E-state index contributed by atoms with van der Waals surface area (Å²) in [5, 5.41) is 0.601. The monoisotopic (exact) mass is 418 g/mol. The van der Waals surface area contributed by atoms with Crippen molar-refractivity contribution >= 4 is 28.7 Å². The Morgan fingerprint density at radius 3 is 2.45 bits per heavy atom. The Kier molecular flexibility index (Phi) is 6.22. The Labute approximate surface area is 172 Å². The van der Waals surface area contributed by atoms with Crippen LogP contribution in [0.5, 0.6) is 0 Å². The number of carbonyl (C=O) groups is 1. The number of carbonyl (C=O) groups excluding carboxylic acids is 1. The van der Waals surface area contributed by atoms with Crippen molar-refractivity contribution in [1.82, 2.24) is 18.7 Å². The van der Waals surface area contributed by atoms with Gasteiger partial charge in [0, 0.05) is 25.2 Å². The zero-order chi connectivity index (χ0) is 21.1. The average molecular weight is 419 g/mol. The van der Waals surface area contributed by atoms with Gasteiger partial charge in [0.05, 0.1) is 6.61 Å². The second-order valence-electron chi connectivity index (χ2n) is 6.69. The van der Waals surface area contributed by atoms with Crippen molar-refractivity contribution in [1.29, 1.82) is 0 Å². The maximum atomic E-state index is 13.1. The molecule has 0 unspecified atom stereocenters. The fraction of sp³-hybridized carbons (Fsp3) is 0.400. The molecule has 0 radical (unpaired) electrons. The van der Waals surface area contributed by atoms with Crippen LogP contribution in [-0.4, -0.2) is 31.3 Å². The Bertz CT molecular complexity index is 1160. The number of halogens is 1. The Hall–Kier alpha value is -2.87. The van der Waals surface area contributed by atoms with E-state index < -0.39 is 17.2 Å². The SMILES string of the molecule is CCCn1c(=O)c2c(nc(CC(=O)OCC)n2Cc2ccc(Cl)cc2)n(C)c1=O. The third kappa shape index (κ3) is 4.12. The van der Waals surface area contributed by atoms with Crippen molar-refractivity contribution in [2.24, 2.45) is 7.05 Å². The number of aromatic nitrogens is 4. The van der Waals surface area contributed by atoms with E-state index in [0.29, 0.717) is 30.4 Å². The van der Waals surface area contributed by atoms with E-state index in [1.807, 2.05) is 19.1 Å². The van der Waals surface area contributed by atoms with Gasteiger partial charge in [0.2, 0.25) is 0 Å². The first-order valence-corrected chi connectivity index (χ1v) is 9.84. The summed E-state index contributed by atoms with van der Waals surface area (Å²) in [5.74, 6) is -0.0752. The topological polar surface area (TPSA) is 88.1 Å². The average Bonchev–Trinajstić information content (AvgIpc) is 3.03. The van der Waals surface area contributed by atoms with E-state index in [1.165, 1.54) is 9.13 Å². The lowest BCUT2D eigenvalue weighted by Crippen LogP contribution is -2.39. The van der Waals surface area contributed by atoms with Gasteiger partial charge in [-0.2, -0.15) is 0 Å². The minimum absolute atomic E-state index is 0.0997. The molecule has 3 rings (SSSR count). The van der Waals surface area contributed by atoms with Gasteiger partial charge in [-0.3, -0.25) is 18.7 Å². The van der Waals surface area contributed by atoms with Crippen molar-refractivity contribution in [2.45, 2.75) is 39.8 Å². The van der Waals surface area contributed by atoms with E-state index in [1.54, 1.807) is 30.7 Å². The zero-order valence-corrected chi connectivity index (χ0v) is 17.4. The summed E-state index contributed by atoms with van der Waals surface area (Å²) in [7, 11) is 1.57. The van der Waals surface area contributed by atoms with Gasteiger partial charge < -0.3 is 9.30 Å². The first kappa shape index (κ1) is 20.9. The standard InChI is InChI=1S/C20H23ClN4O4/c1-4-10-24-19(27)17-18(23(3)20(24)28)22-15(11-16(26)29-5-2)25(17)12-13-6-8-14(21)9-7-13/h6-9H,4-5,10-12H2,1-3H3. The minimum Gasteiger partial charge on any atom is -0.466 e. The molecule has 9 heteroatoms. The lowest BCUT2D eigenvalue weighted by atomic mass is 10.2. The van der Waals surface area contributed by atoms with E-state index in [9.17, 15) is 14.4 Å². The van der Waals surface area contributed by atoms with Gasteiger partial charge in [-0.15, -0.1) is 0 Å². The fourth-order valence-electron chi connectivity index (χ4n) is 3.26. The van der Waals surface area contributed by atoms with Gasteiger partial charge >= 0.3 is 11.7 Å². The molecule has 0 saturated heterocycles. The van der Waals surface area contributed by atoms with Crippen molar-refractivity contribution in [3.8, 4) is 0 Å². The number of fused-ring (bicyclic) bond motifs is 1. The Morgan fingerprint density at radius 1 is 1.14 bits per heavy atom. The third-order valence-corrected chi connectivity index (χ3v) is 4.87. The molecule has 0 atom stereocenters. The number of imidazole rings is 1. The molecule has 1 aromatic carbocycles. The molecule has 2 aromatic heterocycles. The molecule has 154 valence electrons. The highest BCUT2D eigenvalue weighted by molar-refractivity contribution is 6.30. The van der Waals surface area contributed by atoms with Crippen LogP contribution in [-0.2, 0) is 36.1 Å². The number of nitrogens with zero attached hydrogens (tertiary/aromatic N) is 4. The molecule has 0 bridgehead atoms. The first-order valence-electron chi connectivity index (χ1n) is 9.46. The highest BCUT2D eigenvalue weighted by Crippen LogP contribution is 2.17. The van der Waals surface area contributed by atoms with Crippen molar-refractivity contribution < 1.29 is 9.53 Å². The van der Waals surface area contributed by atoms with Gasteiger partial charge in [-0.1, -0.05) is 30.7 Å². The van der Waals surface area contributed by atoms with Crippen molar-refractivity contribution in [3.63, 3.8) is 0 Å². The lowest BCUT2D eigenvalue weighted by Gasteiger charge is -2.11. The summed E-state index contributed by atoms with van der Waals surface area (Å²) in [4.78, 5) is 42.3.